The highest BCUT2D eigenvalue weighted by Gasteiger charge is 2.25. The van der Waals surface area contributed by atoms with E-state index < -0.39 is 0 Å². The Morgan fingerprint density at radius 3 is 3.05 bits per heavy atom. The summed E-state index contributed by atoms with van der Waals surface area (Å²) >= 11 is 5.93. The van der Waals surface area contributed by atoms with Gasteiger partial charge in [-0.3, -0.25) is 9.88 Å². The molecule has 2 unspecified atom stereocenters. The minimum atomic E-state index is 0.140. The minimum absolute atomic E-state index is 0.140. The van der Waals surface area contributed by atoms with Crippen molar-refractivity contribution in [2.75, 3.05) is 19.0 Å². The summed E-state index contributed by atoms with van der Waals surface area (Å²) in [5, 5.41) is 1.23. The summed E-state index contributed by atoms with van der Waals surface area (Å²) in [6, 6.07) is 10.8. The molecule has 2 aromatic rings. The van der Waals surface area contributed by atoms with E-state index >= 15 is 0 Å². The van der Waals surface area contributed by atoms with E-state index in [1.54, 1.807) is 0 Å². The molecule has 20 heavy (non-hydrogen) atoms. The second-order valence-electron chi connectivity index (χ2n) is 5.38. The van der Waals surface area contributed by atoms with Gasteiger partial charge < -0.3 is 4.74 Å². The number of benzene rings is 1. The molecule has 2 atom stereocenters. The number of ether oxygens (including phenoxy) is 1. The van der Waals surface area contributed by atoms with Crippen molar-refractivity contribution in [1.29, 1.82) is 0 Å². The molecule has 2 heterocycles. The second kappa shape index (κ2) is 6.08. The van der Waals surface area contributed by atoms with E-state index in [1.165, 1.54) is 10.9 Å². The summed E-state index contributed by atoms with van der Waals surface area (Å²) in [5.74, 6) is 0.556. The van der Waals surface area contributed by atoms with E-state index in [1.807, 2.05) is 12.3 Å². The molecule has 0 N–H and O–H groups in total. The van der Waals surface area contributed by atoms with Crippen molar-refractivity contribution < 1.29 is 4.74 Å². The van der Waals surface area contributed by atoms with E-state index in [-0.39, 0.29) is 6.10 Å². The molecule has 0 spiro atoms. The van der Waals surface area contributed by atoms with Crippen LogP contribution in [0.3, 0.4) is 0 Å². The lowest BCUT2D eigenvalue weighted by atomic mass is 10.1. The van der Waals surface area contributed by atoms with Crippen LogP contribution in [0.5, 0.6) is 0 Å². The molecular formula is C16H19ClN2O. The number of pyridine rings is 1. The van der Waals surface area contributed by atoms with E-state index in [2.05, 4.69) is 41.1 Å². The SMILES string of the molecule is CC1COC(CCl)CN1Cc1ccnc2ccccc12. The monoisotopic (exact) mass is 290 g/mol. The predicted molar refractivity (Wildman–Crippen MR) is 82.1 cm³/mol. The number of nitrogens with zero attached hydrogens (tertiary/aromatic N) is 2. The van der Waals surface area contributed by atoms with E-state index in [0.717, 1.165) is 25.2 Å². The maximum Gasteiger partial charge on any atom is 0.0838 e. The van der Waals surface area contributed by atoms with Gasteiger partial charge in [-0.25, -0.2) is 0 Å². The first-order chi connectivity index (χ1) is 9.78. The zero-order valence-electron chi connectivity index (χ0n) is 11.6. The lowest BCUT2D eigenvalue weighted by Gasteiger charge is -2.37. The van der Waals surface area contributed by atoms with Gasteiger partial charge in [-0.15, -0.1) is 11.6 Å². The number of rotatable bonds is 3. The van der Waals surface area contributed by atoms with Crippen molar-refractivity contribution in [3.8, 4) is 0 Å². The summed E-state index contributed by atoms with van der Waals surface area (Å²) in [6.45, 7) is 4.76. The quantitative estimate of drug-likeness (QED) is 0.813. The van der Waals surface area contributed by atoms with Crippen LogP contribution in [0.15, 0.2) is 36.5 Å². The molecule has 0 amide bonds. The third-order valence-corrected chi connectivity index (χ3v) is 4.26. The van der Waals surface area contributed by atoms with Crippen LogP contribution in [0, 0.1) is 0 Å². The Morgan fingerprint density at radius 2 is 2.20 bits per heavy atom. The molecular weight excluding hydrogens is 272 g/mol. The van der Waals surface area contributed by atoms with Crippen LogP contribution in [-0.2, 0) is 11.3 Å². The van der Waals surface area contributed by atoms with E-state index in [4.69, 9.17) is 16.3 Å². The van der Waals surface area contributed by atoms with Crippen LogP contribution in [0.25, 0.3) is 10.9 Å². The fourth-order valence-corrected chi connectivity index (χ4v) is 2.89. The van der Waals surface area contributed by atoms with Crippen molar-refractivity contribution in [1.82, 2.24) is 9.88 Å². The first-order valence-corrected chi connectivity index (χ1v) is 7.55. The molecule has 1 aliphatic rings. The van der Waals surface area contributed by atoms with Crippen LogP contribution in [0.4, 0.5) is 0 Å². The van der Waals surface area contributed by atoms with Gasteiger partial charge in [0.15, 0.2) is 0 Å². The number of para-hydroxylation sites is 1. The third-order valence-electron chi connectivity index (χ3n) is 3.92. The highest BCUT2D eigenvalue weighted by atomic mass is 35.5. The number of hydrogen-bond donors (Lipinski definition) is 0. The van der Waals surface area contributed by atoms with Crippen molar-refractivity contribution in [3.05, 3.63) is 42.1 Å². The number of hydrogen-bond acceptors (Lipinski definition) is 3. The van der Waals surface area contributed by atoms with Crippen LogP contribution >= 0.6 is 11.6 Å². The average molecular weight is 291 g/mol. The highest BCUT2D eigenvalue weighted by Crippen LogP contribution is 2.21. The average Bonchev–Trinajstić information content (AvgIpc) is 2.50. The Hall–Kier alpha value is -1.16. The molecule has 0 aliphatic carbocycles. The Morgan fingerprint density at radius 1 is 1.35 bits per heavy atom. The topological polar surface area (TPSA) is 25.4 Å². The summed E-state index contributed by atoms with van der Waals surface area (Å²) in [5.41, 5.74) is 2.37. The lowest BCUT2D eigenvalue weighted by molar-refractivity contribution is -0.0509. The lowest BCUT2D eigenvalue weighted by Crippen LogP contribution is -2.48. The number of alkyl halides is 1. The molecule has 3 nitrogen and oxygen atoms in total. The molecule has 4 heteroatoms. The van der Waals surface area contributed by atoms with Crippen LogP contribution in [0.1, 0.15) is 12.5 Å². The van der Waals surface area contributed by atoms with Crippen molar-refractivity contribution >= 4 is 22.5 Å². The van der Waals surface area contributed by atoms with Gasteiger partial charge in [-0.05, 0) is 24.6 Å². The number of morpholine rings is 1. The highest BCUT2D eigenvalue weighted by molar-refractivity contribution is 6.18. The van der Waals surface area contributed by atoms with Crippen LogP contribution < -0.4 is 0 Å². The normalized spacial score (nSPS) is 24.1. The molecule has 1 saturated heterocycles. The Bertz CT molecular complexity index is 584. The molecule has 1 fully saturated rings. The van der Waals surface area contributed by atoms with Gasteiger partial charge in [0, 0.05) is 36.6 Å². The van der Waals surface area contributed by atoms with Crippen molar-refractivity contribution in [3.63, 3.8) is 0 Å². The first-order valence-electron chi connectivity index (χ1n) is 7.02. The molecule has 1 aliphatic heterocycles. The summed E-state index contributed by atoms with van der Waals surface area (Å²) < 4.78 is 5.71. The van der Waals surface area contributed by atoms with Gasteiger partial charge in [0.25, 0.3) is 0 Å². The molecule has 0 saturated carbocycles. The Labute approximate surface area is 124 Å². The first kappa shape index (κ1) is 13.8. The van der Waals surface area contributed by atoms with Gasteiger partial charge in [-0.2, -0.15) is 0 Å². The van der Waals surface area contributed by atoms with Crippen LogP contribution in [-0.4, -0.2) is 41.1 Å². The number of fused-ring (bicyclic) bond motifs is 1. The van der Waals surface area contributed by atoms with Gasteiger partial charge in [0.2, 0.25) is 0 Å². The fourth-order valence-electron chi connectivity index (χ4n) is 2.70. The maximum atomic E-state index is 5.93. The minimum Gasteiger partial charge on any atom is -0.374 e. The fraction of sp³-hybridized carbons (Fsp3) is 0.438. The number of halogens is 1. The molecule has 3 rings (SSSR count). The molecule has 1 aromatic carbocycles. The summed E-state index contributed by atoms with van der Waals surface area (Å²) in [6.07, 6.45) is 2.03. The molecule has 106 valence electrons. The van der Waals surface area contributed by atoms with Gasteiger partial charge in [0.1, 0.15) is 0 Å². The van der Waals surface area contributed by atoms with Gasteiger partial charge in [0.05, 0.1) is 18.2 Å². The van der Waals surface area contributed by atoms with E-state index in [9.17, 15) is 0 Å². The standard InChI is InChI=1S/C16H19ClN2O/c1-12-11-20-14(8-17)10-19(12)9-13-6-7-18-16-5-3-2-4-15(13)16/h2-7,12,14H,8-11H2,1H3. The maximum absolute atomic E-state index is 5.93. The van der Waals surface area contributed by atoms with Gasteiger partial charge >= 0.3 is 0 Å². The molecule has 0 bridgehead atoms. The van der Waals surface area contributed by atoms with Gasteiger partial charge in [-0.1, -0.05) is 18.2 Å². The van der Waals surface area contributed by atoms with Crippen molar-refractivity contribution in [2.45, 2.75) is 25.6 Å². The third kappa shape index (κ3) is 2.80. The van der Waals surface area contributed by atoms with Crippen molar-refractivity contribution in [2.24, 2.45) is 0 Å². The largest absolute Gasteiger partial charge is 0.374 e. The smallest absolute Gasteiger partial charge is 0.0838 e. The second-order valence-corrected chi connectivity index (χ2v) is 5.68. The predicted octanol–water partition coefficient (Wildman–Crippen LogP) is 3.06. The Balaban J connectivity index is 1.85. The summed E-state index contributed by atoms with van der Waals surface area (Å²) in [7, 11) is 0. The zero-order chi connectivity index (χ0) is 13.9. The number of aromatic nitrogens is 1. The zero-order valence-corrected chi connectivity index (χ0v) is 12.4. The summed E-state index contributed by atoms with van der Waals surface area (Å²) in [4.78, 5) is 6.86. The Kier molecular flexibility index (Phi) is 4.20. The molecule has 0 radical (unpaired) electrons. The van der Waals surface area contributed by atoms with E-state index in [0.29, 0.717) is 11.9 Å². The van der Waals surface area contributed by atoms with Crippen LogP contribution in [0.2, 0.25) is 0 Å². The molecule has 1 aromatic heterocycles.